The van der Waals surface area contributed by atoms with Gasteiger partial charge in [-0.15, -0.1) is 11.8 Å². The molecule has 2 aromatic carbocycles. The molecule has 2 heterocycles. The Balaban J connectivity index is 1.50. The van der Waals surface area contributed by atoms with Gasteiger partial charge in [-0.1, -0.05) is 23.4 Å². The average Bonchev–Trinajstić information content (AvgIpc) is 3.12. The first-order valence-electron chi connectivity index (χ1n) is 8.50. The molecule has 0 saturated carbocycles. The highest BCUT2D eigenvalue weighted by Gasteiger charge is 2.27. The maximum atomic E-state index is 13.6. The second-order valence-corrected chi connectivity index (χ2v) is 7.28. The number of nitrogens with zero attached hydrogens (tertiary/aromatic N) is 2. The van der Waals surface area contributed by atoms with Gasteiger partial charge in [0.05, 0.1) is 12.3 Å². The molecule has 0 N–H and O–H groups in total. The van der Waals surface area contributed by atoms with Crippen LogP contribution in [0.25, 0.3) is 11.3 Å². The third kappa shape index (κ3) is 3.73. The molecule has 0 saturated heterocycles. The van der Waals surface area contributed by atoms with Crippen molar-refractivity contribution in [3.8, 4) is 11.3 Å². The minimum Gasteiger partial charge on any atom is -0.360 e. The number of thioether (sulfide) groups is 1. The molecular weight excluding hydrogens is 370 g/mol. The van der Waals surface area contributed by atoms with Gasteiger partial charge >= 0.3 is 0 Å². The van der Waals surface area contributed by atoms with Crippen LogP contribution >= 0.6 is 11.8 Å². The van der Waals surface area contributed by atoms with E-state index in [1.165, 1.54) is 17.8 Å². The molecule has 1 aliphatic rings. The van der Waals surface area contributed by atoms with Gasteiger partial charge in [-0.05, 0) is 30.3 Å². The van der Waals surface area contributed by atoms with Gasteiger partial charge in [-0.3, -0.25) is 4.79 Å². The Morgan fingerprint density at radius 1 is 1.15 bits per heavy atom. The van der Waals surface area contributed by atoms with Crippen LogP contribution in [0.3, 0.4) is 0 Å². The van der Waals surface area contributed by atoms with Crippen molar-refractivity contribution in [2.75, 3.05) is 12.3 Å². The zero-order chi connectivity index (χ0) is 18.8. The van der Waals surface area contributed by atoms with Crippen LogP contribution in [0.4, 0.5) is 8.78 Å². The highest BCUT2D eigenvalue weighted by atomic mass is 32.2. The molecule has 1 aliphatic heterocycles. The number of fused-ring (bicyclic) bond motifs is 1. The standard InChI is InChI=1S/C20H16F2N2O2S/c21-16-7-6-13(10-17(16)22)20-15-11-24(9-8-18(15)26-23-20)19(25)12-27-14-4-2-1-3-5-14/h1-7,10H,8-9,11-12H2. The van der Waals surface area contributed by atoms with Crippen molar-refractivity contribution in [3.05, 3.63) is 71.5 Å². The van der Waals surface area contributed by atoms with Crippen molar-refractivity contribution in [3.63, 3.8) is 0 Å². The molecule has 0 radical (unpaired) electrons. The number of aromatic nitrogens is 1. The number of halogens is 2. The molecule has 0 fully saturated rings. The topological polar surface area (TPSA) is 46.3 Å². The Labute approximate surface area is 159 Å². The summed E-state index contributed by atoms with van der Waals surface area (Å²) in [5.74, 6) is -0.801. The summed E-state index contributed by atoms with van der Waals surface area (Å²) in [6.07, 6.45) is 0.549. The summed E-state index contributed by atoms with van der Waals surface area (Å²) in [5.41, 5.74) is 1.65. The molecule has 1 aromatic heterocycles. The van der Waals surface area contributed by atoms with Crippen molar-refractivity contribution in [2.45, 2.75) is 17.9 Å². The van der Waals surface area contributed by atoms with Gasteiger partial charge in [0.25, 0.3) is 0 Å². The number of amides is 1. The van der Waals surface area contributed by atoms with Crippen molar-refractivity contribution in [1.29, 1.82) is 0 Å². The van der Waals surface area contributed by atoms with Crippen LogP contribution < -0.4 is 0 Å². The maximum absolute atomic E-state index is 13.6. The zero-order valence-electron chi connectivity index (χ0n) is 14.3. The van der Waals surface area contributed by atoms with E-state index in [9.17, 15) is 13.6 Å². The summed E-state index contributed by atoms with van der Waals surface area (Å²) < 4.78 is 32.1. The first-order chi connectivity index (χ1) is 13.1. The van der Waals surface area contributed by atoms with E-state index in [2.05, 4.69) is 5.16 Å². The second-order valence-electron chi connectivity index (χ2n) is 6.23. The van der Waals surface area contributed by atoms with Crippen LogP contribution in [0.2, 0.25) is 0 Å². The first kappa shape index (κ1) is 17.7. The van der Waals surface area contributed by atoms with E-state index in [4.69, 9.17) is 4.52 Å². The average molecular weight is 386 g/mol. The lowest BCUT2D eigenvalue weighted by Crippen LogP contribution is -2.36. The molecule has 7 heteroatoms. The quantitative estimate of drug-likeness (QED) is 0.628. The number of hydrogen-bond acceptors (Lipinski definition) is 4. The molecule has 0 aliphatic carbocycles. The van der Waals surface area contributed by atoms with E-state index in [0.717, 1.165) is 22.6 Å². The smallest absolute Gasteiger partial charge is 0.233 e. The van der Waals surface area contributed by atoms with E-state index in [1.807, 2.05) is 30.3 Å². The van der Waals surface area contributed by atoms with Crippen LogP contribution in [0.1, 0.15) is 11.3 Å². The molecule has 1 amide bonds. The monoisotopic (exact) mass is 386 g/mol. The summed E-state index contributed by atoms with van der Waals surface area (Å²) in [4.78, 5) is 15.4. The SMILES string of the molecule is O=C(CSc1ccccc1)N1CCc2onc(-c3ccc(F)c(F)c3)c2C1. The third-order valence-corrected chi connectivity index (χ3v) is 5.48. The summed E-state index contributed by atoms with van der Waals surface area (Å²) in [7, 11) is 0. The highest BCUT2D eigenvalue weighted by Crippen LogP contribution is 2.31. The van der Waals surface area contributed by atoms with Crippen LogP contribution in [0.15, 0.2) is 57.9 Å². The molecule has 0 spiro atoms. The summed E-state index contributed by atoms with van der Waals surface area (Å²) in [6, 6.07) is 13.4. The Hall–Kier alpha value is -2.67. The van der Waals surface area contributed by atoms with Crippen molar-refractivity contribution in [2.24, 2.45) is 0 Å². The Morgan fingerprint density at radius 3 is 2.74 bits per heavy atom. The highest BCUT2D eigenvalue weighted by molar-refractivity contribution is 8.00. The largest absolute Gasteiger partial charge is 0.360 e. The van der Waals surface area contributed by atoms with Gasteiger partial charge in [0.2, 0.25) is 5.91 Å². The first-order valence-corrected chi connectivity index (χ1v) is 9.49. The van der Waals surface area contributed by atoms with Gasteiger partial charge in [-0.2, -0.15) is 0 Å². The minimum atomic E-state index is -0.938. The Morgan fingerprint density at radius 2 is 1.96 bits per heavy atom. The molecular formula is C20H16F2N2O2S. The molecule has 4 nitrogen and oxygen atoms in total. The second kappa shape index (κ2) is 7.52. The molecule has 27 heavy (non-hydrogen) atoms. The van der Waals surface area contributed by atoms with Crippen LogP contribution in [0, 0.1) is 11.6 Å². The fourth-order valence-corrected chi connectivity index (χ4v) is 3.87. The zero-order valence-corrected chi connectivity index (χ0v) is 15.1. The fourth-order valence-electron chi connectivity index (χ4n) is 3.05. The number of hydrogen-bond donors (Lipinski definition) is 0. The Bertz CT molecular complexity index is 975. The normalized spacial score (nSPS) is 13.5. The van der Waals surface area contributed by atoms with Gasteiger partial charge in [0, 0.05) is 29.0 Å². The van der Waals surface area contributed by atoms with Gasteiger partial charge in [0.1, 0.15) is 11.5 Å². The van der Waals surface area contributed by atoms with E-state index in [0.29, 0.717) is 42.3 Å². The molecule has 0 bridgehead atoms. The summed E-state index contributed by atoms with van der Waals surface area (Å²) >= 11 is 1.49. The minimum absolute atomic E-state index is 0.0203. The lowest BCUT2D eigenvalue weighted by molar-refractivity contribution is -0.129. The van der Waals surface area contributed by atoms with Gasteiger partial charge in [-0.25, -0.2) is 8.78 Å². The number of benzene rings is 2. The van der Waals surface area contributed by atoms with Crippen molar-refractivity contribution < 1.29 is 18.1 Å². The molecule has 138 valence electrons. The van der Waals surface area contributed by atoms with E-state index in [-0.39, 0.29) is 5.91 Å². The van der Waals surface area contributed by atoms with Crippen LogP contribution in [0.5, 0.6) is 0 Å². The van der Waals surface area contributed by atoms with E-state index < -0.39 is 11.6 Å². The lowest BCUT2D eigenvalue weighted by atomic mass is 10.0. The summed E-state index contributed by atoms with van der Waals surface area (Å²) in [5, 5.41) is 4.02. The van der Waals surface area contributed by atoms with Crippen LogP contribution in [-0.2, 0) is 17.8 Å². The third-order valence-electron chi connectivity index (χ3n) is 4.48. The van der Waals surface area contributed by atoms with Crippen molar-refractivity contribution in [1.82, 2.24) is 10.1 Å². The predicted molar refractivity (Wildman–Crippen MR) is 98.1 cm³/mol. The van der Waals surface area contributed by atoms with Gasteiger partial charge in [0.15, 0.2) is 11.6 Å². The van der Waals surface area contributed by atoms with E-state index in [1.54, 1.807) is 4.90 Å². The number of carbonyl (C=O) groups excluding carboxylic acids is 1. The Kier molecular flexibility index (Phi) is 4.94. The molecule has 3 aromatic rings. The predicted octanol–water partition coefficient (Wildman–Crippen LogP) is 4.30. The van der Waals surface area contributed by atoms with E-state index >= 15 is 0 Å². The molecule has 0 unspecified atom stereocenters. The van der Waals surface area contributed by atoms with Gasteiger partial charge < -0.3 is 9.42 Å². The lowest BCUT2D eigenvalue weighted by Gasteiger charge is -2.26. The maximum Gasteiger partial charge on any atom is 0.233 e. The number of carbonyl (C=O) groups is 1. The fraction of sp³-hybridized carbons (Fsp3) is 0.200. The van der Waals surface area contributed by atoms with Crippen LogP contribution in [-0.4, -0.2) is 28.3 Å². The summed E-state index contributed by atoms with van der Waals surface area (Å²) in [6.45, 7) is 0.898. The number of rotatable bonds is 4. The molecule has 0 atom stereocenters. The molecule has 4 rings (SSSR count). The van der Waals surface area contributed by atoms with Crippen molar-refractivity contribution >= 4 is 17.7 Å².